The third-order valence-electron chi connectivity index (χ3n) is 9.38. The molecule has 0 bridgehead atoms. The molecule has 1 fully saturated rings. The number of alkyl halides is 1. The number of hydrogen-bond donors (Lipinski definition) is 4. The minimum absolute atomic E-state index is 0.00108. The SMILES string of the molecule is CC(C)C[C@H](CC(=O)[C@H](Cc1ccccc1)NC(=O)[C@H](CC(C)C)NC(=O)[C@H](CCc1ccccc1)NC(=O)CN1CCOCC1)C(=O)[C@](C)(O)CCl. The van der Waals surface area contributed by atoms with Crippen LogP contribution >= 0.6 is 11.6 Å². The Kier molecular flexibility index (Phi) is 18.1. The molecule has 12 heteroatoms. The third kappa shape index (κ3) is 15.3. The van der Waals surface area contributed by atoms with Crippen molar-refractivity contribution in [2.75, 3.05) is 38.7 Å². The van der Waals surface area contributed by atoms with Crippen LogP contribution in [0.4, 0.5) is 0 Å². The summed E-state index contributed by atoms with van der Waals surface area (Å²) in [6.07, 6.45) is 1.45. The molecule has 0 saturated carbocycles. The standard InChI is InChI=1S/C41H59ClN4O7/c1-28(2)22-32(38(49)41(5,52)27-42)25-36(47)34(24-31-14-10-7-11-15-31)44-40(51)35(23-29(3)4)45-39(50)33(17-16-30-12-8-6-9-13-30)43-37(48)26-46-18-20-53-21-19-46/h6-15,28-29,32-35,52H,16-27H2,1-5H3,(H,43,48)(H,44,51)(H,45,50)/t32-,33+,34+,35+,41-/m1/s1. The van der Waals surface area contributed by atoms with Gasteiger partial charge in [0, 0.05) is 25.4 Å². The average Bonchev–Trinajstić information content (AvgIpc) is 3.12. The van der Waals surface area contributed by atoms with Gasteiger partial charge in [-0.05, 0) is 62.0 Å². The van der Waals surface area contributed by atoms with Crippen LogP contribution in [-0.2, 0) is 41.6 Å². The van der Waals surface area contributed by atoms with Crippen molar-refractivity contribution < 1.29 is 33.8 Å². The number of Topliss-reactive ketones (excluding diaryl/α,β-unsaturated/α-hetero) is 2. The molecular weight excluding hydrogens is 696 g/mol. The van der Waals surface area contributed by atoms with Crippen LogP contribution in [-0.4, -0.2) is 102 Å². The fraction of sp³-hybridized carbons (Fsp3) is 0.585. The van der Waals surface area contributed by atoms with Crippen molar-refractivity contribution in [3.8, 4) is 0 Å². The first kappa shape index (κ1) is 43.8. The first-order valence-electron chi connectivity index (χ1n) is 18.8. The number of carbonyl (C=O) groups excluding carboxylic acids is 5. The topological polar surface area (TPSA) is 154 Å². The quantitative estimate of drug-likeness (QED) is 0.132. The largest absolute Gasteiger partial charge is 0.381 e. The number of ketones is 2. The number of aliphatic hydroxyl groups is 1. The molecule has 0 aliphatic carbocycles. The van der Waals surface area contributed by atoms with Gasteiger partial charge in [0.1, 0.15) is 17.7 Å². The molecular formula is C41H59ClN4O7. The Hall–Kier alpha value is -3.64. The van der Waals surface area contributed by atoms with Crippen LogP contribution in [0.25, 0.3) is 0 Å². The second-order valence-electron chi connectivity index (χ2n) is 15.2. The molecule has 0 spiro atoms. The van der Waals surface area contributed by atoms with Gasteiger partial charge in [0.2, 0.25) is 17.7 Å². The van der Waals surface area contributed by atoms with Gasteiger partial charge in [-0.2, -0.15) is 0 Å². The Labute approximate surface area is 319 Å². The van der Waals surface area contributed by atoms with Crippen LogP contribution in [0.2, 0.25) is 0 Å². The van der Waals surface area contributed by atoms with E-state index in [1.165, 1.54) is 6.92 Å². The van der Waals surface area contributed by atoms with Crippen molar-refractivity contribution in [3.63, 3.8) is 0 Å². The molecule has 1 aliphatic heterocycles. The van der Waals surface area contributed by atoms with Crippen LogP contribution in [0.15, 0.2) is 60.7 Å². The Morgan fingerprint density at radius 1 is 0.792 bits per heavy atom. The molecule has 11 nitrogen and oxygen atoms in total. The van der Waals surface area contributed by atoms with E-state index < -0.39 is 47.2 Å². The fourth-order valence-electron chi connectivity index (χ4n) is 6.51. The summed E-state index contributed by atoms with van der Waals surface area (Å²) in [4.78, 5) is 70.6. The first-order valence-corrected chi connectivity index (χ1v) is 19.3. The molecule has 2 aromatic rings. The van der Waals surface area contributed by atoms with E-state index in [4.69, 9.17) is 16.3 Å². The fourth-order valence-corrected chi connectivity index (χ4v) is 6.64. The van der Waals surface area contributed by atoms with Gasteiger partial charge in [-0.1, -0.05) is 88.4 Å². The van der Waals surface area contributed by atoms with Gasteiger partial charge < -0.3 is 25.8 Å². The monoisotopic (exact) mass is 754 g/mol. The van der Waals surface area contributed by atoms with E-state index in [0.717, 1.165) is 11.1 Å². The van der Waals surface area contributed by atoms with Gasteiger partial charge in [-0.15, -0.1) is 11.6 Å². The zero-order valence-corrected chi connectivity index (χ0v) is 32.7. The van der Waals surface area contributed by atoms with Crippen LogP contribution in [0, 0.1) is 17.8 Å². The lowest BCUT2D eigenvalue weighted by atomic mass is 9.81. The highest BCUT2D eigenvalue weighted by atomic mass is 35.5. The van der Waals surface area contributed by atoms with Crippen LogP contribution in [0.1, 0.15) is 71.4 Å². The maximum absolute atomic E-state index is 14.1. The number of hydrogen-bond acceptors (Lipinski definition) is 8. The normalized spacial score (nSPS) is 16.9. The van der Waals surface area contributed by atoms with Crippen molar-refractivity contribution in [1.29, 1.82) is 0 Å². The molecule has 1 aliphatic rings. The average molecular weight is 755 g/mol. The minimum atomic E-state index is -1.80. The van der Waals surface area contributed by atoms with Gasteiger partial charge in [0.05, 0.1) is 31.7 Å². The second kappa shape index (κ2) is 21.9. The molecule has 292 valence electrons. The van der Waals surface area contributed by atoms with Gasteiger partial charge in [0.25, 0.3) is 0 Å². The van der Waals surface area contributed by atoms with Crippen LogP contribution in [0.3, 0.4) is 0 Å². The number of nitrogens with zero attached hydrogens (tertiary/aromatic N) is 1. The number of morpholine rings is 1. The van der Waals surface area contributed by atoms with Crippen molar-refractivity contribution in [2.45, 2.75) is 96.9 Å². The van der Waals surface area contributed by atoms with Crippen LogP contribution in [0.5, 0.6) is 0 Å². The zero-order valence-electron chi connectivity index (χ0n) is 31.9. The van der Waals surface area contributed by atoms with Crippen molar-refractivity contribution in [3.05, 3.63) is 71.8 Å². The highest BCUT2D eigenvalue weighted by Gasteiger charge is 2.38. The molecule has 2 aromatic carbocycles. The maximum Gasteiger partial charge on any atom is 0.243 e. The smallest absolute Gasteiger partial charge is 0.243 e. The second-order valence-corrected chi connectivity index (χ2v) is 15.5. The van der Waals surface area contributed by atoms with Gasteiger partial charge in [-0.3, -0.25) is 28.9 Å². The molecule has 0 aromatic heterocycles. The highest BCUT2D eigenvalue weighted by Crippen LogP contribution is 2.25. The lowest BCUT2D eigenvalue weighted by molar-refractivity contribution is -0.141. The van der Waals surface area contributed by atoms with E-state index in [1.807, 2.05) is 93.3 Å². The summed E-state index contributed by atoms with van der Waals surface area (Å²) in [6, 6.07) is 16.0. The summed E-state index contributed by atoms with van der Waals surface area (Å²) in [7, 11) is 0. The van der Waals surface area contributed by atoms with E-state index in [-0.39, 0.29) is 55.2 Å². The van der Waals surface area contributed by atoms with E-state index in [0.29, 0.717) is 45.6 Å². The molecule has 4 N–H and O–H groups in total. The number of rotatable bonds is 22. The molecule has 3 rings (SSSR count). The van der Waals surface area contributed by atoms with Crippen molar-refractivity contribution >= 4 is 40.9 Å². The molecule has 53 heavy (non-hydrogen) atoms. The van der Waals surface area contributed by atoms with Gasteiger partial charge in [-0.25, -0.2) is 0 Å². The summed E-state index contributed by atoms with van der Waals surface area (Å²) in [5.74, 6) is -3.26. The number of ether oxygens (including phenoxy) is 1. The summed E-state index contributed by atoms with van der Waals surface area (Å²) in [6.45, 7) is 11.5. The van der Waals surface area contributed by atoms with Gasteiger partial charge in [0.15, 0.2) is 11.6 Å². The van der Waals surface area contributed by atoms with Gasteiger partial charge >= 0.3 is 0 Å². The Bertz CT molecular complexity index is 1470. The summed E-state index contributed by atoms with van der Waals surface area (Å²) in [5, 5.41) is 19.4. The summed E-state index contributed by atoms with van der Waals surface area (Å²) < 4.78 is 5.40. The predicted molar refractivity (Wildman–Crippen MR) is 206 cm³/mol. The summed E-state index contributed by atoms with van der Waals surface area (Å²) in [5.41, 5.74) is 0.00765. The van der Waals surface area contributed by atoms with Crippen molar-refractivity contribution in [2.24, 2.45) is 17.8 Å². The highest BCUT2D eigenvalue weighted by molar-refractivity contribution is 6.20. The minimum Gasteiger partial charge on any atom is -0.381 e. The number of amides is 3. The Morgan fingerprint density at radius 3 is 1.91 bits per heavy atom. The van der Waals surface area contributed by atoms with E-state index >= 15 is 0 Å². The number of carbonyl (C=O) groups is 5. The lowest BCUT2D eigenvalue weighted by Crippen LogP contribution is -2.57. The van der Waals surface area contributed by atoms with E-state index in [1.54, 1.807) is 0 Å². The van der Waals surface area contributed by atoms with Crippen LogP contribution < -0.4 is 16.0 Å². The lowest BCUT2D eigenvalue weighted by Gasteiger charge is -2.29. The molecule has 0 unspecified atom stereocenters. The maximum atomic E-state index is 14.1. The Morgan fingerprint density at radius 2 is 1.34 bits per heavy atom. The van der Waals surface area contributed by atoms with E-state index in [2.05, 4.69) is 16.0 Å². The molecule has 1 heterocycles. The van der Waals surface area contributed by atoms with E-state index in [9.17, 15) is 29.1 Å². The third-order valence-corrected chi connectivity index (χ3v) is 9.90. The number of benzene rings is 2. The summed E-state index contributed by atoms with van der Waals surface area (Å²) >= 11 is 5.93. The predicted octanol–water partition coefficient (Wildman–Crippen LogP) is 3.88. The molecule has 5 atom stereocenters. The molecule has 3 amide bonds. The molecule has 1 saturated heterocycles. The zero-order chi connectivity index (χ0) is 39.0. The number of halogens is 1. The number of nitrogens with one attached hydrogen (secondary N) is 3. The molecule has 0 radical (unpaired) electrons. The van der Waals surface area contributed by atoms with Crippen molar-refractivity contribution in [1.82, 2.24) is 20.9 Å². The first-order chi connectivity index (χ1) is 25.2. The Balaban J connectivity index is 1.84. The number of aryl methyl sites for hydroxylation is 1.